The molecule has 0 bridgehead atoms. The summed E-state index contributed by atoms with van der Waals surface area (Å²) in [6, 6.07) is 9.77. The van der Waals surface area contributed by atoms with Crippen LogP contribution < -0.4 is 11.2 Å². The second-order valence-corrected chi connectivity index (χ2v) is 5.93. The molecule has 1 aromatic heterocycles. The molecule has 1 aromatic carbocycles. The molecule has 0 radical (unpaired) electrons. The molecule has 7 nitrogen and oxygen atoms in total. The normalized spacial score (nSPS) is 20.4. The van der Waals surface area contributed by atoms with Crippen LogP contribution in [-0.4, -0.2) is 29.1 Å². The van der Waals surface area contributed by atoms with Crippen molar-refractivity contribution in [2.45, 2.75) is 19.1 Å². The van der Waals surface area contributed by atoms with E-state index in [9.17, 15) is 9.59 Å². The predicted octanol–water partition coefficient (Wildman–Crippen LogP) is 1.99. The van der Waals surface area contributed by atoms with E-state index in [0.29, 0.717) is 12.2 Å². The predicted molar refractivity (Wildman–Crippen MR) is 95.2 cm³/mol. The molecule has 3 rings (SSSR count). The van der Waals surface area contributed by atoms with Crippen molar-refractivity contribution < 1.29 is 14.2 Å². The van der Waals surface area contributed by atoms with Crippen LogP contribution >= 0.6 is 15.9 Å². The van der Waals surface area contributed by atoms with Gasteiger partial charge in [-0.25, -0.2) is 4.79 Å². The number of ether oxygens (including phenoxy) is 3. The van der Waals surface area contributed by atoms with E-state index >= 15 is 0 Å². The molecule has 8 heteroatoms. The SMILES string of the molecule is O=c1[nH]c(=O)n([C@@H]2CO[C@H](COCc3ccccc3)O2)cc1/C=C/Br. The topological polar surface area (TPSA) is 82.6 Å². The Morgan fingerprint density at radius 2 is 2.12 bits per heavy atom. The van der Waals surface area contributed by atoms with Gasteiger partial charge in [-0.15, -0.1) is 0 Å². The van der Waals surface area contributed by atoms with Crippen LogP contribution in [0, 0.1) is 0 Å². The van der Waals surface area contributed by atoms with E-state index in [1.54, 1.807) is 11.1 Å². The molecular formula is C17H17BrN2O5. The summed E-state index contributed by atoms with van der Waals surface area (Å²) in [4.78, 5) is 27.5. The van der Waals surface area contributed by atoms with E-state index in [2.05, 4.69) is 20.9 Å². The van der Waals surface area contributed by atoms with Crippen molar-refractivity contribution in [3.63, 3.8) is 0 Å². The van der Waals surface area contributed by atoms with Crippen molar-refractivity contribution in [2.24, 2.45) is 0 Å². The maximum Gasteiger partial charge on any atom is 0.330 e. The highest BCUT2D eigenvalue weighted by Gasteiger charge is 2.28. The summed E-state index contributed by atoms with van der Waals surface area (Å²) in [7, 11) is 0. The summed E-state index contributed by atoms with van der Waals surface area (Å²) >= 11 is 3.11. The molecule has 0 saturated carbocycles. The smallest absolute Gasteiger partial charge is 0.330 e. The fraction of sp³-hybridized carbons (Fsp3) is 0.294. The van der Waals surface area contributed by atoms with Crippen molar-refractivity contribution in [2.75, 3.05) is 13.2 Å². The minimum atomic E-state index is -0.614. The minimum absolute atomic E-state index is 0.197. The lowest BCUT2D eigenvalue weighted by molar-refractivity contribution is -0.118. The number of aromatic nitrogens is 2. The van der Waals surface area contributed by atoms with Crippen LogP contribution in [0.3, 0.4) is 0 Å². The summed E-state index contributed by atoms with van der Waals surface area (Å²) in [5.41, 5.74) is 0.388. The highest BCUT2D eigenvalue weighted by atomic mass is 79.9. The molecule has 0 aliphatic carbocycles. The highest BCUT2D eigenvalue weighted by Crippen LogP contribution is 2.20. The number of hydrogen-bond acceptors (Lipinski definition) is 5. The van der Waals surface area contributed by atoms with Gasteiger partial charge >= 0.3 is 5.69 Å². The van der Waals surface area contributed by atoms with Crippen LogP contribution in [0.25, 0.3) is 6.08 Å². The molecule has 132 valence electrons. The van der Waals surface area contributed by atoms with Gasteiger partial charge in [0.1, 0.15) is 0 Å². The fourth-order valence-electron chi connectivity index (χ4n) is 2.43. The summed E-state index contributed by atoms with van der Waals surface area (Å²) in [6.07, 6.45) is 1.81. The second-order valence-electron chi connectivity index (χ2n) is 5.40. The number of rotatable bonds is 6. The molecule has 2 aromatic rings. The van der Waals surface area contributed by atoms with Gasteiger partial charge in [-0.3, -0.25) is 14.3 Å². The van der Waals surface area contributed by atoms with Crippen molar-refractivity contribution in [1.29, 1.82) is 0 Å². The van der Waals surface area contributed by atoms with Crippen molar-refractivity contribution in [3.8, 4) is 0 Å². The van der Waals surface area contributed by atoms with Gasteiger partial charge in [0.15, 0.2) is 12.5 Å². The Balaban J connectivity index is 1.60. The molecule has 25 heavy (non-hydrogen) atoms. The van der Waals surface area contributed by atoms with Gasteiger partial charge in [0.05, 0.1) is 25.4 Å². The number of H-pyrrole nitrogens is 1. The Morgan fingerprint density at radius 1 is 1.32 bits per heavy atom. The summed E-state index contributed by atoms with van der Waals surface area (Å²) in [6.45, 7) is 0.897. The van der Waals surface area contributed by atoms with Crippen LogP contribution in [-0.2, 0) is 20.8 Å². The Labute approximate surface area is 152 Å². The lowest BCUT2D eigenvalue weighted by Crippen LogP contribution is -2.34. The zero-order valence-corrected chi connectivity index (χ0v) is 14.8. The maximum atomic E-state index is 12.0. The Morgan fingerprint density at radius 3 is 2.88 bits per heavy atom. The van der Waals surface area contributed by atoms with Crippen LogP contribution in [0.15, 0.2) is 51.1 Å². The third-order valence-corrected chi connectivity index (χ3v) is 3.91. The van der Waals surface area contributed by atoms with E-state index in [1.165, 1.54) is 10.8 Å². The number of halogens is 1. The second kappa shape index (κ2) is 8.39. The number of hydrogen-bond donors (Lipinski definition) is 1. The van der Waals surface area contributed by atoms with Crippen molar-refractivity contribution in [1.82, 2.24) is 9.55 Å². The third kappa shape index (κ3) is 4.55. The maximum absolute atomic E-state index is 12.0. The Hall–Kier alpha value is -2.00. The molecule has 0 spiro atoms. The van der Waals surface area contributed by atoms with E-state index in [-0.39, 0.29) is 13.2 Å². The molecule has 2 atom stereocenters. The van der Waals surface area contributed by atoms with Gasteiger partial charge in [0.2, 0.25) is 0 Å². The van der Waals surface area contributed by atoms with E-state index in [4.69, 9.17) is 14.2 Å². The molecule has 1 N–H and O–H groups in total. The van der Waals surface area contributed by atoms with Gasteiger partial charge in [0.25, 0.3) is 5.56 Å². The summed E-state index contributed by atoms with van der Waals surface area (Å²) in [5.74, 6) is 0. The molecule has 1 aliphatic rings. The molecule has 1 fully saturated rings. The largest absolute Gasteiger partial charge is 0.371 e. The molecule has 1 saturated heterocycles. The molecular weight excluding hydrogens is 392 g/mol. The quantitative estimate of drug-likeness (QED) is 0.789. The Bertz CT molecular complexity index is 846. The zero-order chi connectivity index (χ0) is 17.6. The molecule has 0 unspecified atom stereocenters. The highest BCUT2D eigenvalue weighted by molar-refractivity contribution is 9.11. The van der Waals surface area contributed by atoms with Crippen LogP contribution in [0.2, 0.25) is 0 Å². The first-order valence-corrected chi connectivity index (χ1v) is 8.60. The van der Waals surface area contributed by atoms with E-state index in [1.807, 2.05) is 30.3 Å². The minimum Gasteiger partial charge on any atom is -0.371 e. The zero-order valence-electron chi connectivity index (χ0n) is 13.3. The van der Waals surface area contributed by atoms with Crippen LogP contribution in [0.5, 0.6) is 0 Å². The van der Waals surface area contributed by atoms with Gasteiger partial charge < -0.3 is 14.2 Å². The molecule has 1 aliphatic heterocycles. The summed E-state index contributed by atoms with van der Waals surface area (Å²) in [5, 5.41) is 0. The van der Waals surface area contributed by atoms with Crippen molar-refractivity contribution >= 4 is 22.0 Å². The lowest BCUT2D eigenvalue weighted by atomic mass is 10.2. The molecule has 2 heterocycles. The molecule has 0 amide bonds. The first-order valence-electron chi connectivity index (χ1n) is 7.68. The Kier molecular flexibility index (Phi) is 5.98. The summed E-state index contributed by atoms with van der Waals surface area (Å²) < 4.78 is 18.1. The average molecular weight is 409 g/mol. The fourth-order valence-corrected chi connectivity index (χ4v) is 2.71. The van der Waals surface area contributed by atoms with Crippen LogP contribution in [0.4, 0.5) is 0 Å². The monoisotopic (exact) mass is 408 g/mol. The number of benzene rings is 1. The number of nitrogens with one attached hydrogen (secondary N) is 1. The van der Waals surface area contributed by atoms with E-state index in [0.717, 1.165) is 5.56 Å². The van der Waals surface area contributed by atoms with Gasteiger partial charge in [-0.2, -0.15) is 0 Å². The van der Waals surface area contributed by atoms with Gasteiger partial charge in [-0.05, 0) is 16.6 Å². The lowest BCUT2D eigenvalue weighted by Gasteiger charge is -2.14. The van der Waals surface area contributed by atoms with Gasteiger partial charge in [-0.1, -0.05) is 46.3 Å². The van der Waals surface area contributed by atoms with Crippen molar-refractivity contribution in [3.05, 3.63) is 73.5 Å². The third-order valence-electron chi connectivity index (χ3n) is 3.65. The first kappa shape index (κ1) is 17.8. The van der Waals surface area contributed by atoms with E-state index < -0.39 is 23.8 Å². The standard InChI is InChI=1S/C17H17BrN2O5/c18-7-6-13-8-20(17(22)19-16(13)21)14-10-24-15(25-14)11-23-9-12-4-2-1-3-5-12/h1-8,14-15H,9-11H2,(H,19,21,22)/b7-6+/t14-,15-/m0/s1. The van der Waals surface area contributed by atoms with Crippen LogP contribution in [0.1, 0.15) is 17.4 Å². The number of nitrogens with zero attached hydrogens (tertiary/aromatic N) is 1. The average Bonchev–Trinajstić information content (AvgIpc) is 3.07. The van der Waals surface area contributed by atoms with Gasteiger partial charge in [0, 0.05) is 6.20 Å². The first-order chi connectivity index (χ1) is 12.2. The number of aromatic amines is 1.